The maximum Gasteiger partial charge on any atom is 0.135 e. The molecule has 0 amide bonds. The summed E-state index contributed by atoms with van der Waals surface area (Å²) >= 11 is 1.89. The van der Waals surface area contributed by atoms with Gasteiger partial charge in [0.25, 0.3) is 0 Å². The molecule has 0 radical (unpaired) electrons. The first-order valence-corrected chi connectivity index (χ1v) is 7.92. The SMILES string of the molecule is CSCCCNc1ccc2oc3ccccc3c2c1. The molecule has 3 aromatic rings. The predicted octanol–water partition coefficient (Wildman–Crippen LogP) is 4.75. The fraction of sp³-hybridized carbons (Fsp3) is 0.250. The van der Waals surface area contributed by atoms with Gasteiger partial charge in [0.05, 0.1) is 0 Å². The van der Waals surface area contributed by atoms with Crippen LogP contribution in [0, 0.1) is 0 Å². The Hall–Kier alpha value is -1.61. The van der Waals surface area contributed by atoms with E-state index in [-0.39, 0.29) is 0 Å². The number of benzene rings is 2. The first-order chi connectivity index (χ1) is 9.38. The smallest absolute Gasteiger partial charge is 0.135 e. The molecular formula is C16H17NOS. The van der Waals surface area contributed by atoms with Crippen molar-refractivity contribution in [3.8, 4) is 0 Å². The molecule has 2 aromatic carbocycles. The zero-order chi connectivity index (χ0) is 13.1. The van der Waals surface area contributed by atoms with Crippen LogP contribution in [-0.2, 0) is 0 Å². The van der Waals surface area contributed by atoms with E-state index < -0.39 is 0 Å². The van der Waals surface area contributed by atoms with Crippen LogP contribution < -0.4 is 5.32 Å². The average molecular weight is 271 g/mol. The van der Waals surface area contributed by atoms with Gasteiger partial charge < -0.3 is 9.73 Å². The fourth-order valence-corrected chi connectivity index (χ4v) is 2.72. The second-order valence-electron chi connectivity index (χ2n) is 4.58. The highest BCUT2D eigenvalue weighted by Gasteiger charge is 2.06. The van der Waals surface area contributed by atoms with E-state index in [1.165, 1.54) is 28.6 Å². The number of anilines is 1. The van der Waals surface area contributed by atoms with E-state index >= 15 is 0 Å². The molecule has 0 unspecified atom stereocenters. The van der Waals surface area contributed by atoms with E-state index in [1.54, 1.807) is 0 Å². The average Bonchev–Trinajstić information content (AvgIpc) is 2.82. The molecule has 3 rings (SSSR count). The first-order valence-electron chi connectivity index (χ1n) is 6.52. The number of rotatable bonds is 5. The second-order valence-corrected chi connectivity index (χ2v) is 5.57. The molecule has 0 saturated carbocycles. The summed E-state index contributed by atoms with van der Waals surface area (Å²) in [6, 6.07) is 14.5. The molecule has 3 heteroatoms. The maximum absolute atomic E-state index is 5.82. The van der Waals surface area contributed by atoms with Crippen molar-refractivity contribution in [3.05, 3.63) is 42.5 Å². The van der Waals surface area contributed by atoms with Crippen molar-refractivity contribution >= 4 is 39.4 Å². The van der Waals surface area contributed by atoms with Gasteiger partial charge in [0, 0.05) is 23.0 Å². The van der Waals surface area contributed by atoms with Crippen LogP contribution in [0.5, 0.6) is 0 Å². The Morgan fingerprint density at radius 1 is 1.05 bits per heavy atom. The van der Waals surface area contributed by atoms with Crippen molar-refractivity contribution in [1.82, 2.24) is 0 Å². The maximum atomic E-state index is 5.82. The molecule has 0 atom stereocenters. The van der Waals surface area contributed by atoms with E-state index in [9.17, 15) is 0 Å². The lowest BCUT2D eigenvalue weighted by Crippen LogP contribution is -2.01. The van der Waals surface area contributed by atoms with Crippen LogP contribution in [0.4, 0.5) is 5.69 Å². The number of thioether (sulfide) groups is 1. The molecule has 0 fully saturated rings. The Labute approximate surface area is 117 Å². The summed E-state index contributed by atoms with van der Waals surface area (Å²) in [5.41, 5.74) is 3.08. The van der Waals surface area contributed by atoms with Gasteiger partial charge in [-0.1, -0.05) is 18.2 Å². The first kappa shape index (κ1) is 12.4. The van der Waals surface area contributed by atoms with Crippen LogP contribution in [0.1, 0.15) is 6.42 Å². The molecule has 0 aliphatic rings. The molecule has 1 aromatic heterocycles. The molecule has 0 aliphatic heterocycles. The third-order valence-electron chi connectivity index (χ3n) is 3.23. The number of para-hydroxylation sites is 1. The summed E-state index contributed by atoms with van der Waals surface area (Å²) in [6.07, 6.45) is 3.33. The van der Waals surface area contributed by atoms with Crippen LogP contribution in [0.25, 0.3) is 21.9 Å². The van der Waals surface area contributed by atoms with Gasteiger partial charge in [0.1, 0.15) is 11.2 Å². The summed E-state index contributed by atoms with van der Waals surface area (Å²) in [5.74, 6) is 1.20. The standard InChI is InChI=1S/C16H17NOS/c1-19-10-4-9-17-12-7-8-16-14(11-12)13-5-2-3-6-15(13)18-16/h2-3,5-8,11,17H,4,9-10H2,1H3. The molecule has 0 spiro atoms. The Balaban J connectivity index is 1.89. The van der Waals surface area contributed by atoms with Gasteiger partial charge in [-0.25, -0.2) is 0 Å². The van der Waals surface area contributed by atoms with Crippen LogP contribution >= 0.6 is 11.8 Å². The van der Waals surface area contributed by atoms with Gasteiger partial charge >= 0.3 is 0 Å². The number of nitrogens with one attached hydrogen (secondary N) is 1. The highest BCUT2D eigenvalue weighted by molar-refractivity contribution is 7.98. The Morgan fingerprint density at radius 2 is 1.89 bits per heavy atom. The summed E-state index contributed by atoms with van der Waals surface area (Å²) in [4.78, 5) is 0. The van der Waals surface area contributed by atoms with Gasteiger partial charge in [-0.05, 0) is 42.7 Å². The molecule has 2 nitrogen and oxygen atoms in total. The van der Waals surface area contributed by atoms with E-state index in [1.807, 2.05) is 30.0 Å². The number of furan rings is 1. The second kappa shape index (κ2) is 5.57. The van der Waals surface area contributed by atoms with Gasteiger partial charge in [-0.15, -0.1) is 0 Å². The summed E-state index contributed by atoms with van der Waals surface area (Å²) < 4.78 is 5.82. The third kappa shape index (κ3) is 2.56. The minimum Gasteiger partial charge on any atom is -0.456 e. The normalized spacial score (nSPS) is 11.2. The molecular weight excluding hydrogens is 254 g/mol. The minimum absolute atomic E-state index is 0.955. The monoisotopic (exact) mass is 271 g/mol. The van der Waals surface area contributed by atoms with Gasteiger partial charge in [-0.3, -0.25) is 0 Å². The van der Waals surface area contributed by atoms with Crippen molar-refractivity contribution in [3.63, 3.8) is 0 Å². The van der Waals surface area contributed by atoms with Crippen molar-refractivity contribution in [2.75, 3.05) is 23.9 Å². The van der Waals surface area contributed by atoms with Gasteiger partial charge in [-0.2, -0.15) is 11.8 Å². The Kier molecular flexibility index (Phi) is 3.65. The van der Waals surface area contributed by atoms with Crippen LogP contribution in [0.3, 0.4) is 0 Å². The largest absolute Gasteiger partial charge is 0.456 e. The molecule has 1 heterocycles. The summed E-state index contributed by atoms with van der Waals surface area (Å²) in [7, 11) is 0. The van der Waals surface area contributed by atoms with E-state index in [0.29, 0.717) is 0 Å². The molecule has 19 heavy (non-hydrogen) atoms. The van der Waals surface area contributed by atoms with Crippen molar-refractivity contribution < 1.29 is 4.42 Å². The van der Waals surface area contributed by atoms with Crippen LogP contribution in [-0.4, -0.2) is 18.6 Å². The highest BCUT2D eigenvalue weighted by Crippen LogP contribution is 2.30. The molecule has 0 bridgehead atoms. The lowest BCUT2D eigenvalue weighted by molar-refractivity contribution is 0.669. The molecule has 0 aliphatic carbocycles. The van der Waals surface area contributed by atoms with Crippen LogP contribution in [0.2, 0.25) is 0 Å². The Morgan fingerprint density at radius 3 is 2.79 bits per heavy atom. The highest BCUT2D eigenvalue weighted by atomic mass is 32.2. The van der Waals surface area contributed by atoms with Gasteiger partial charge in [0.2, 0.25) is 0 Å². The zero-order valence-electron chi connectivity index (χ0n) is 11.0. The lowest BCUT2D eigenvalue weighted by Gasteiger charge is -2.05. The van der Waals surface area contributed by atoms with E-state index in [0.717, 1.165) is 17.7 Å². The van der Waals surface area contributed by atoms with Gasteiger partial charge in [0.15, 0.2) is 0 Å². The Bertz CT molecular complexity index is 689. The topological polar surface area (TPSA) is 25.2 Å². The lowest BCUT2D eigenvalue weighted by atomic mass is 10.1. The third-order valence-corrected chi connectivity index (χ3v) is 3.93. The minimum atomic E-state index is 0.955. The van der Waals surface area contributed by atoms with E-state index in [2.05, 4.69) is 35.8 Å². The number of fused-ring (bicyclic) bond motifs is 3. The van der Waals surface area contributed by atoms with Crippen molar-refractivity contribution in [1.29, 1.82) is 0 Å². The number of hydrogen-bond donors (Lipinski definition) is 1. The molecule has 98 valence electrons. The zero-order valence-corrected chi connectivity index (χ0v) is 11.8. The summed E-state index contributed by atoms with van der Waals surface area (Å²) in [5, 5.41) is 5.84. The van der Waals surface area contributed by atoms with Crippen LogP contribution in [0.15, 0.2) is 46.9 Å². The molecule has 1 N–H and O–H groups in total. The summed E-state index contributed by atoms with van der Waals surface area (Å²) in [6.45, 7) is 1.02. The van der Waals surface area contributed by atoms with E-state index in [4.69, 9.17) is 4.42 Å². The fourth-order valence-electron chi connectivity index (χ4n) is 2.29. The van der Waals surface area contributed by atoms with Crippen molar-refractivity contribution in [2.24, 2.45) is 0 Å². The predicted molar refractivity (Wildman–Crippen MR) is 85.2 cm³/mol. The quantitative estimate of drug-likeness (QED) is 0.678. The molecule has 0 saturated heterocycles. The van der Waals surface area contributed by atoms with Crippen molar-refractivity contribution in [2.45, 2.75) is 6.42 Å². The number of hydrogen-bond acceptors (Lipinski definition) is 3.